The van der Waals surface area contributed by atoms with Gasteiger partial charge >= 0.3 is 0 Å². The molecule has 0 spiro atoms. The van der Waals surface area contributed by atoms with Crippen LogP contribution in [0.25, 0.3) is 0 Å². The highest BCUT2D eigenvalue weighted by Gasteiger charge is 2.02. The summed E-state index contributed by atoms with van der Waals surface area (Å²) in [6.45, 7) is 1.25. The summed E-state index contributed by atoms with van der Waals surface area (Å²) < 4.78 is 5.23. The Morgan fingerprint density at radius 3 is 2.83 bits per heavy atom. The minimum atomic E-state index is 0.556. The summed E-state index contributed by atoms with van der Waals surface area (Å²) in [7, 11) is 1.64. The van der Waals surface area contributed by atoms with Crippen LogP contribution in [0.3, 0.4) is 0 Å². The number of rotatable bonds is 5. The highest BCUT2D eigenvalue weighted by molar-refractivity contribution is 5.49. The number of nitrogens with two attached hydrogens (primary N) is 1. The molecule has 0 unspecified atom stereocenters. The molecule has 0 aliphatic heterocycles. The second-order valence-electron chi connectivity index (χ2n) is 3.93. The molecule has 4 heteroatoms. The third-order valence-corrected chi connectivity index (χ3v) is 2.68. The lowest BCUT2D eigenvalue weighted by molar-refractivity contribution is 0.415. The Morgan fingerprint density at radius 1 is 1.22 bits per heavy atom. The molecule has 0 saturated heterocycles. The minimum absolute atomic E-state index is 0.556. The van der Waals surface area contributed by atoms with Gasteiger partial charge in [0, 0.05) is 19.3 Å². The fourth-order valence-electron chi connectivity index (χ4n) is 1.74. The van der Waals surface area contributed by atoms with Crippen molar-refractivity contribution in [2.75, 3.05) is 12.4 Å². The summed E-state index contributed by atoms with van der Waals surface area (Å²) in [4.78, 5) is 4.25. The van der Waals surface area contributed by atoms with Crippen LogP contribution in [0.4, 0.5) is 5.82 Å². The number of benzene rings is 1. The predicted molar refractivity (Wildman–Crippen MR) is 72.4 cm³/mol. The number of hydrogen-bond donors (Lipinski definition) is 2. The van der Waals surface area contributed by atoms with Gasteiger partial charge in [-0.15, -0.1) is 0 Å². The van der Waals surface area contributed by atoms with Crippen LogP contribution >= 0.6 is 0 Å². The fraction of sp³-hybridized carbons (Fsp3) is 0.214. The van der Waals surface area contributed by atoms with Crippen LogP contribution in [0, 0.1) is 0 Å². The molecule has 94 valence electrons. The molecule has 3 N–H and O–H groups in total. The van der Waals surface area contributed by atoms with Crippen molar-refractivity contribution in [2.24, 2.45) is 5.73 Å². The smallest absolute Gasteiger partial charge is 0.168 e. The minimum Gasteiger partial charge on any atom is -0.493 e. The molecule has 0 aliphatic rings. The highest BCUT2D eigenvalue weighted by Crippen LogP contribution is 2.20. The maximum absolute atomic E-state index is 5.62. The van der Waals surface area contributed by atoms with E-state index in [0.717, 1.165) is 17.1 Å². The van der Waals surface area contributed by atoms with Gasteiger partial charge in [0.25, 0.3) is 0 Å². The normalized spacial score (nSPS) is 10.1. The third-order valence-electron chi connectivity index (χ3n) is 2.68. The Balaban J connectivity index is 2.06. The van der Waals surface area contributed by atoms with Gasteiger partial charge in [0.15, 0.2) is 11.6 Å². The van der Waals surface area contributed by atoms with E-state index in [-0.39, 0.29) is 0 Å². The largest absolute Gasteiger partial charge is 0.493 e. The van der Waals surface area contributed by atoms with Crippen molar-refractivity contribution in [2.45, 2.75) is 13.1 Å². The van der Waals surface area contributed by atoms with Crippen molar-refractivity contribution in [3.05, 3.63) is 53.7 Å². The van der Waals surface area contributed by atoms with Crippen LogP contribution < -0.4 is 15.8 Å². The van der Waals surface area contributed by atoms with E-state index in [1.54, 1.807) is 13.3 Å². The molecule has 1 heterocycles. The fourth-order valence-corrected chi connectivity index (χ4v) is 1.74. The quantitative estimate of drug-likeness (QED) is 0.844. The summed E-state index contributed by atoms with van der Waals surface area (Å²) in [5.74, 6) is 1.49. The van der Waals surface area contributed by atoms with Crippen LogP contribution in [0.1, 0.15) is 11.1 Å². The maximum atomic E-state index is 5.62. The highest BCUT2D eigenvalue weighted by atomic mass is 16.5. The number of nitrogens with zero attached hydrogens (tertiary/aromatic N) is 1. The van der Waals surface area contributed by atoms with Gasteiger partial charge in [0.05, 0.1) is 7.11 Å². The summed E-state index contributed by atoms with van der Waals surface area (Å²) in [6, 6.07) is 11.9. The van der Waals surface area contributed by atoms with E-state index < -0.39 is 0 Å². The molecule has 0 amide bonds. The summed E-state index contributed by atoms with van der Waals surface area (Å²) in [5, 5.41) is 3.25. The zero-order valence-electron chi connectivity index (χ0n) is 10.4. The maximum Gasteiger partial charge on any atom is 0.168 e. The summed E-state index contributed by atoms with van der Waals surface area (Å²) in [6.07, 6.45) is 1.74. The van der Waals surface area contributed by atoms with Gasteiger partial charge in [0.2, 0.25) is 0 Å². The Bertz CT molecular complexity index is 514. The first-order valence-corrected chi connectivity index (χ1v) is 5.84. The molecule has 2 aromatic rings. The third kappa shape index (κ3) is 2.99. The lowest BCUT2D eigenvalue weighted by Gasteiger charge is -2.10. The van der Waals surface area contributed by atoms with E-state index in [0.29, 0.717) is 13.1 Å². The lowest BCUT2D eigenvalue weighted by Crippen LogP contribution is -2.04. The average Bonchev–Trinajstić information content (AvgIpc) is 2.45. The molecule has 1 aromatic heterocycles. The molecule has 0 atom stereocenters. The Kier molecular flexibility index (Phi) is 4.15. The second kappa shape index (κ2) is 6.02. The molecule has 0 aliphatic carbocycles. The number of aromatic nitrogens is 1. The molecule has 0 saturated carbocycles. The van der Waals surface area contributed by atoms with Crippen molar-refractivity contribution < 1.29 is 4.74 Å². The first kappa shape index (κ1) is 12.4. The Labute approximate surface area is 107 Å². The van der Waals surface area contributed by atoms with Gasteiger partial charge in [-0.05, 0) is 23.3 Å². The molecular formula is C14H17N3O. The van der Waals surface area contributed by atoms with Crippen LogP contribution in [-0.4, -0.2) is 12.1 Å². The average molecular weight is 243 g/mol. The number of hydrogen-bond acceptors (Lipinski definition) is 4. The van der Waals surface area contributed by atoms with Gasteiger partial charge in [-0.3, -0.25) is 0 Å². The van der Waals surface area contributed by atoms with E-state index in [4.69, 9.17) is 10.5 Å². The number of pyridine rings is 1. The number of anilines is 1. The van der Waals surface area contributed by atoms with E-state index in [1.807, 2.05) is 24.3 Å². The Morgan fingerprint density at radius 2 is 2.06 bits per heavy atom. The monoisotopic (exact) mass is 243 g/mol. The molecule has 4 nitrogen and oxygen atoms in total. The van der Waals surface area contributed by atoms with E-state index in [2.05, 4.69) is 22.4 Å². The Hall–Kier alpha value is -2.07. The van der Waals surface area contributed by atoms with Gasteiger partial charge in [-0.1, -0.05) is 24.3 Å². The number of nitrogens with one attached hydrogen (secondary N) is 1. The van der Waals surface area contributed by atoms with Crippen molar-refractivity contribution in [3.63, 3.8) is 0 Å². The first-order valence-electron chi connectivity index (χ1n) is 5.84. The zero-order valence-corrected chi connectivity index (χ0v) is 10.4. The molecular weight excluding hydrogens is 226 g/mol. The van der Waals surface area contributed by atoms with Crippen molar-refractivity contribution >= 4 is 5.82 Å². The molecule has 18 heavy (non-hydrogen) atoms. The standard InChI is InChI=1S/C14H17N3O/c1-18-13-6-3-7-16-14(13)17-10-12-5-2-4-11(8-12)9-15/h2-8H,9-10,15H2,1H3,(H,16,17). The number of methoxy groups -OCH3 is 1. The first-order chi connectivity index (χ1) is 8.83. The van der Waals surface area contributed by atoms with Crippen LogP contribution in [0.5, 0.6) is 5.75 Å². The molecule has 1 aromatic carbocycles. The van der Waals surface area contributed by atoms with Crippen molar-refractivity contribution in [1.82, 2.24) is 4.98 Å². The SMILES string of the molecule is COc1cccnc1NCc1cccc(CN)c1. The van der Waals surface area contributed by atoms with Crippen LogP contribution in [0.15, 0.2) is 42.6 Å². The molecule has 0 bridgehead atoms. The van der Waals surface area contributed by atoms with E-state index >= 15 is 0 Å². The van der Waals surface area contributed by atoms with Crippen LogP contribution in [-0.2, 0) is 13.1 Å². The molecule has 2 rings (SSSR count). The van der Waals surface area contributed by atoms with Gasteiger partial charge in [-0.2, -0.15) is 0 Å². The summed E-state index contributed by atoms with van der Waals surface area (Å²) in [5.41, 5.74) is 7.92. The van der Waals surface area contributed by atoms with Crippen molar-refractivity contribution in [3.8, 4) is 5.75 Å². The predicted octanol–water partition coefficient (Wildman–Crippen LogP) is 2.16. The molecule has 0 fully saturated rings. The number of ether oxygens (including phenoxy) is 1. The zero-order chi connectivity index (χ0) is 12.8. The van der Waals surface area contributed by atoms with E-state index in [1.165, 1.54) is 5.56 Å². The van der Waals surface area contributed by atoms with Gasteiger partial charge in [0.1, 0.15) is 0 Å². The second-order valence-corrected chi connectivity index (χ2v) is 3.93. The van der Waals surface area contributed by atoms with Gasteiger partial charge < -0.3 is 15.8 Å². The summed E-state index contributed by atoms with van der Waals surface area (Å²) >= 11 is 0. The topological polar surface area (TPSA) is 60.2 Å². The van der Waals surface area contributed by atoms with E-state index in [9.17, 15) is 0 Å². The van der Waals surface area contributed by atoms with Crippen LogP contribution in [0.2, 0.25) is 0 Å². The lowest BCUT2D eigenvalue weighted by atomic mass is 10.1. The molecule has 0 radical (unpaired) electrons. The van der Waals surface area contributed by atoms with Crippen molar-refractivity contribution in [1.29, 1.82) is 0 Å². The van der Waals surface area contributed by atoms with Gasteiger partial charge in [-0.25, -0.2) is 4.98 Å².